The van der Waals surface area contributed by atoms with E-state index in [1.165, 1.54) is 16.3 Å². The van der Waals surface area contributed by atoms with Crippen molar-refractivity contribution in [3.05, 3.63) is 27.1 Å². The van der Waals surface area contributed by atoms with Gasteiger partial charge in [0.1, 0.15) is 6.04 Å². The maximum Gasteiger partial charge on any atom is 0.326 e. The summed E-state index contributed by atoms with van der Waals surface area (Å²) in [5, 5.41) is 21.0. The fourth-order valence-corrected chi connectivity index (χ4v) is 2.95. The normalized spacial score (nSPS) is 22.5. The summed E-state index contributed by atoms with van der Waals surface area (Å²) in [5.74, 6) is -1.61. The Morgan fingerprint density at radius 3 is 2.79 bits per heavy atom. The Morgan fingerprint density at radius 1 is 1.58 bits per heavy atom. The monoisotopic (exact) mass is 284 g/mol. The van der Waals surface area contributed by atoms with Crippen molar-refractivity contribution >= 4 is 28.2 Å². The standard InChI is InChI=1S/C11H12N2O5S/c1-6-2-3-12(9(6)11(15)16)10(14)7-4-8(13(17)18)19-5-7/h4-6,9H,2-3H2,1H3,(H,15,16). The van der Waals surface area contributed by atoms with E-state index in [9.17, 15) is 19.7 Å². The number of carboxylic acids is 1. The average molecular weight is 284 g/mol. The maximum atomic E-state index is 12.2. The van der Waals surface area contributed by atoms with E-state index in [4.69, 9.17) is 5.11 Å². The second kappa shape index (κ2) is 4.96. The molecule has 7 nitrogen and oxygen atoms in total. The predicted molar refractivity (Wildman–Crippen MR) is 67.2 cm³/mol. The second-order valence-corrected chi connectivity index (χ2v) is 5.37. The number of hydrogen-bond acceptors (Lipinski definition) is 5. The summed E-state index contributed by atoms with van der Waals surface area (Å²) in [5.41, 5.74) is 0.178. The highest BCUT2D eigenvalue weighted by Crippen LogP contribution is 2.29. The van der Waals surface area contributed by atoms with Gasteiger partial charge in [-0.3, -0.25) is 14.9 Å². The lowest BCUT2D eigenvalue weighted by Gasteiger charge is -2.22. The van der Waals surface area contributed by atoms with E-state index < -0.39 is 22.8 Å². The summed E-state index contributed by atoms with van der Waals surface area (Å²) in [7, 11) is 0. The molecule has 1 amide bonds. The van der Waals surface area contributed by atoms with Crippen LogP contribution in [0.3, 0.4) is 0 Å². The largest absolute Gasteiger partial charge is 0.480 e. The van der Waals surface area contributed by atoms with Crippen molar-refractivity contribution in [2.75, 3.05) is 6.54 Å². The number of hydrogen-bond donors (Lipinski definition) is 1. The fraction of sp³-hybridized carbons (Fsp3) is 0.455. The van der Waals surface area contributed by atoms with Gasteiger partial charge in [0, 0.05) is 18.0 Å². The van der Waals surface area contributed by atoms with Gasteiger partial charge in [-0.15, -0.1) is 0 Å². The molecule has 2 heterocycles. The summed E-state index contributed by atoms with van der Waals surface area (Å²) in [6.45, 7) is 2.14. The highest BCUT2D eigenvalue weighted by atomic mass is 32.1. The van der Waals surface area contributed by atoms with Crippen LogP contribution >= 0.6 is 11.3 Å². The Labute approximate surface area is 112 Å². The van der Waals surface area contributed by atoms with Gasteiger partial charge in [-0.25, -0.2) is 4.79 Å². The van der Waals surface area contributed by atoms with Gasteiger partial charge in [0.15, 0.2) is 0 Å². The molecule has 0 radical (unpaired) electrons. The lowest BCUT2D eigenvalue weighted by Crippen LogP contribution is -2.42. The van der Waals surface area contributed by atoms with E-state index in [1.807, 2.05) is 0 Å². The molecule has 0 aliphatic carbocycles. The number of nitrogens with zero attached hydrogens (tertiary/aromatic N) is 2. The predicted octanol–water partition coefficient (Wildman–Crippen LogP) is 1.59. The molecule has 0 saturated carbocycles. The molecule has 1 saturated heterocycles. The molecule has 2 rings (SSSR count). The van der Waals surface area contributed by atoms with E-state index in [2.05, 4.69) is 0 Å². The minimum Gasteiger partial charge on any atom is -0.480 e. The molecule has 1 aliphatic heterocycles. The number of carboxylic acid groups (broad SMARTS) is 1. The van der Waals surface area contributed by atoms with Crippen LogP contribution in [0.5, 0.6) is 0 Å². The molecule has 1 aliphatic rings. The fourth-order valence-electron chi connectivity index (χ4n) is 2.25. The van der Waals surface area contributed by atoms with Gasteiger partial charge >= 0.3 is 11.0 Å². The first-order chi connectivity index (χ1) is 8.91. The van der Waals surface area contributed by atoms with Crippen LogP contribution in [-0.2, 0) is 4.79 Å². The Hall–Kier alpha value is -1.96. The van der Waals surface area contributed by atoms with Crippen molar-refractivity contribution in [2.45, 2.75) is 19.4 Å². The molecular formula is C11H12N2O5S. The molecule has 0 aromatic carbocycles. The van der Waals surface area contributed by atoms with E-state index in [-0.39, 0.29) is 16.5 Å². The van der Waals surface area contributed by atoms with Crippen LogP contribution in [-0.4, -0.2) is 39.4 Å². The van der Waals surface area contributed by atoms with Gasteiger partial charge in [-0.2, -0.15) is 0 Å². The maximum absolute atomic E-state index is 12.2. The van der Waals surface area contributed by atoms with Crippen LogP contribution in [0.2, 0.25) is 0 Å². The van der Waals surface area contributed by atoms with Gasteiger partial charge in [-0.05, 0) is 12.3 Å². The highest BCUT2D eigenvalue weighted by molar-refractivity contribution is 7.13. The molecule has 19 heavy (non-hydrogen) atoms. The molecule has 1 aromatic rings. The Balaban J connectivity index is 2.23. The molecule has 0 bridgehead atoms. The van der Waals surface area contributed by atoms with Crippen LogP contribution in [0.25, 0.3) is 0 Å². The van der Waals surface area contributed by atoms with Crippen molar-refractivity contribution in [2.24, 2.45) is 5.92 Å². The first kappa shape index (κ1) is 13.5. The van der Waals surface area contributed by atoms with E-state index in [1.54, 1.807) is 6.92 Å². The summed E-state index contributed by atoms with van der Waals surface area (Å²) < 4.78 is 0. The molecule has 102 valence electrons. The van der Waals surface area contributed by atoms with Gasteiger partial charge in [-0.1, -0.05) is 18.3 Å². The molecule has 2 atom stereocenters. The Morgan fingerprint density at radius 2 is 2.26 bits per heavy atom. The molecule has 2 unspecified atom stereocenters. The number of aliphatic carboxylic acids is 1. The number of rotatable bonds is 3. The molecule has 1 aromatic heterocycles. The molecule has 8 heteroatoms. The van der Waals surface area contributed by atoms with E-state index in [0.29, 0.717) is 13.0 Å². The van der Waals surface area contributed by atoms with Crippen LogP contribution in [0.4, 0.5) is 5.00 Å². The van der Waals surface area contributed by atoms with Crippen LogP contribution in [0.1, 0.15) is 23.7 Å². The van der Waals surface area contributed by atoms with Crippen molar-refractivity contribution in [1.82, 2.24) is 4.90 Å². The lowest BCUT2D eigenvalue weighted by atomic mass is 10.0. The van der Waals surface area contributed by atoms with Gasteiger partial charge < -0.3 is 10.0 Å². The number of nitro groups is 1. The van der Waals surface area contributed by atoms with E-state index >= 15 is 0 Å². The first-order valence-electron chi connectivity index (χ1n) is 5.68. The van der Waals surface area contributed by atoms with Crippen molar-refractivity contribution in [1.29, 1.82) is 0 Å². The second-order valence-electron chi connectivity index (χ2n) is 4.48. The summed E-state index contributed by atoms with van der Waals surface area (Å²) in [6.07, 6.45) is 0.620. The molecule has 1 N–H and O–H groups in total. The Bertz CT molecular complexity index is 541. The smallest absolute Gasteiger partial charge is 0.326 e. The summed E-state index contributed by atoms with van der Waals surface area (Å²) in [4.78, 5) is 34.7. The van der Waals surface area contributed by atoms with E-state index in [0.717, 1.165) is 11.3 Å². The van der Waals surface area contributed by atoms with Gasteiger partial charge in [0.25, 0.3) is 5.91 Å². The van der Waals surface area contributed by atoms with Crippen LogP contribution < -0.4 is 0 Å². The average Bonchev–Trinajstić information content (AvgIpc) is 2.93. The summed E-state index contributed by atoms with van der Waals surface area (Å²) >= 11 is 0.861. The number of thiophene rings is 1. The van der Waals surface area contributed by atoms with Gasteiger partial charge in [0.2, 0.25) is 0 Å². The SMILES string of the molecule is CC1CCN(C(=O)c2csc([N+](=O)[O-])c2)C1C(=O)O. The zero-order chi connectivity index (χ0) is 14.2. The quantitative estimate of drug-likeness (QED) is 0.671. The first-order valence-corrected chi connectivity index (χ1v) is 6.56. The zero-order valence-electron chi connectivity index (χ0n) is 10.1. The van der Waals surface area contributed by atoms with Crippen molar-refractivity contribution < 1.29 is 19.6 Å². The number of amides is 1. The minimum absolute atomic E-state index is 0.116. The van der Waals surface area contributed by atoms with Crippen molar-refractivity contribution in [3.63, 3.8) is 0 Å². The third-order valence-electron chi connectivity index (χ3n) is 3.23. The number of likely N-dealkylation sites (tertiary alicyclic amines) is 1. The molecular weight excluding hydrogens is 272 g/mol. The van der Waals surface area contributed by atoms with Crippen LogP contribution in [0.15, 0.2) is 11.4 Å². The topological polar surface area (TPSA) is 101 Å². The molecule has 1 fully saturated rings. The van der Waals surface area contributed by atoms with Crippen LogP contribution in [0, 0.1) is 16.0 Å². The highest BCUT2D eigenvalue weighted by Gasteiger charge is 2.40. The zero-order valence-corrected chi connectivity index (χ0v) is 10.9. The lowest BCUT2D eigenvalue weighted by molar-refractivity contribution is -0.380. The summed E-state index contributed by atoms with van der Waals surface area (Å²) in [6, 6.07) is 0.334. The molecule has 0 spiro atoms. The third-order valence-corrected chi connectivity index (χ3v) is 4.11. The Kier molecular flexibility index (Phi) is 3.52. The third kappa shape index (κ3) is 2.43. The van der Waals surface area contributed by atoms with Gasteiger partial charge in [0.05, 0.1) is 10.5 Å². The number of carbonyl (C=O) groups is 2. The van der Waals surface area contributed by atoms with Crippen molar-refractivity contribution in [3.8, 4) is 0 Å². The minimum atomic E-state index is -1.04. The number of carbonyl (C=O) groups excluding carboxylic acids is 1.